The molecule has 2 rings (SSSR count). The van der Waals surface area contributed by atoms with Gasteiger partial charge < -0.3 is 0 Å². The number of hydrogen-bond acceptors (Lipinski definition) is 2. The fourth-order valence-corrected chi connectivity index (χ4v) is 3.79. The summed E-state index contributed by atoms with van der Waals surface area (Å²) in [6.07, 6.45) is 0.860. The third-order valence-corrected chi connectivity index (χ3v) is 4.44. The minimum absolute atomic E-state index is 0.0821. The summed E-state index contributed by atoms with van der Waals surface area (Å²) in [5.41, 5.74) is 7.94. The van der Waals surface area contributed by atoms with Gasteiger partial charge in [0.05, 0.1) is 6.04 Å². The molecule has 0 amide bonds. The lowest BCUT2D eigenvalue weighted by Crippen LogP contribution is -2.29. The predicted molar refractivity (Wildman–Crippen MR) is 91.5 cm³/mol. The Balaban J connectivity index is 2.28. The molecule has 0 saturated carbocycles. The van der Waals surface area contributed by atoms with Gasteiger partial charge in [-0.1, -0.05) is 67.3 Å². The number of aryl methyl sites for hydroxylation is 2. The van der Waals surface area contributed by atoms with Crippen molar-refractivity contribution in [3.05, 3.63) is 67.6 Å². The average Bonchev–Trinajstić information content (AvgIpc) is 2.35. The lowest BCUT2D eigenvalue weighted by atomic mass is 9.97. The molecule has 2 aromatic carbocycles. The SMILES string of the molecule is Cc1cc(C)cc(CC(NN)c2ccc(Br)cc2Br)c1. The highest BCUT2D eigenvalue weighted by atomic mass is 79.9. The summed E-state index contributed by atoms with van der Waals surface area (Å²) in [6.45, 7) is 4.24. The van der Waals surface area contributed by atoms with Gasteiger partial charge in [-0.2, -0.15) is 0 Å². The van der Waals surface area contributed by atoms with Crippen LogP contribution in [0.4, 0.5) is 0 Å². The number of nitrogens with one attached hydrogen (secondary N) is 1. The van der Waals surface area contributed by atoms with E-state index in [2.05, 4.69) is 75.4 Å². The normalized spacial score (nSPS) is 12.4. The Morgan fingerprint density at radius 2 is 1.70 bits per heavy atom. The molecule has 0 heterocycles. The van der Waals surface area contributed by atoms with Crippen LogP contribution in [0.5, 0.6) is 0 Å². The van der Waals surface area contributed by atoms with Gasteiger partial charge in [-0.15, -0.1) is 0 Å². The molecule has 0 aliphatic heterocycles. The third kappa shape index (κ3) is 3.92. The van der Waals surface area contributed by atoms with Crippen LogP contribution in [0.15, 0.2) is 45.3 Å². The van der Waals surface area contributed by atoms with Gasteiger partial charge in [0.15, 0.2) is 0 Å². The second-order valence-corrected chi connectivity index (χ2v) is 6.86. The third-order valence-electron chi connectivity index (χ3n) is 3.26. The first-order valence-electron chi connectivity index (χ1n) is 6.48. The Kier molecular flexibility index (Phi) is 5.38. The van der Waals surface area contributed by atoms with Crippen LogP contribution in [0.1, 0.15) is 28.3 Å². The maximum Gasteiger partial charge on any atom is 0.0511 e. The van der Waals surface area contributed by atoms with E-state index in [1.165, 1.54) is 16.7 Å². The first-order chi connectivity index (χ1) is 9.49. The van der Waals surface area contributed by atoms with E-state index in [1.54, 1.807) is 0 Å². The molecule has 2 nitrogen and oxygen atoms in total. The van der Waals surface area contributed by atoms with Crippen molar-refractivity contribution < 1.29 is 0 Å². The molecule has 2 aromatic rings. The number of benzene rings is 2. The van der Waals surface area contributed by atoms with Crippen LogP contribution in [-0.2, 0) is 6.42 Å². The molecular weight excluding hydrogens is 380 g/mol. The molecule has 1 unspecified atom stereocenters. The molecule has 3 N–H and O–H groups in total. The van der Waals surface area contributed by atoms with Gasteiger partial charge in [0, 0.05) is 8.95 Å². The Morgan fingerprint density at radius 3 is 2.25 bits per heavy atom. The van der Waals surface area contributed by atoms with Gasteiger partial charge in [0.2, 0.25) is 0 Å². The van der Waals surface area contributed by atoms with E-state index in [-0.39, 0.29) is 6.04 Å². The van der Waals surface area contributed by atoms with Gasteiger partial charge >= 0.3 is 0 Å². The summed E-state index contributed by atoms with van der Waals surface area (Å²) in [5.74, 6) is 5.75. The topological polar surface area (TPSA) is 38.0 Å². The molecule has 20 heavy (non-hydrogen) atoms. The Morgan fingerprint density at radius 1 is 1.05 bits per heavy atom. The first-order valence-corrected chi connectivity index (χ1v) is 8.06. The second kappa shape index (κ2) is 6.85. The van der Waals surface area contributed by atoms with Crippen LogP contribution >= 0.6 is 31.9 Å². The maximum atomic E-state index is 5.75. The van der Waals surface area contributed by atoms with Gasteiger partial charge in [-0.05, 0) is 43.5 Å². The minimum Gasteiger partial charge on any atom is -0.271 e. The van der Waals surface area contributed by atoms with Crippen molar-refractivity contribution in [1.29, 1.82) is 0 Å². The standard InChI is InChI=1S/C16H18Br2N2/c1-10-5-11(2)7-12(6-10)8-16(20-19)14-4-3-13(17)9-15(14)18/h3-7,9,16,20H,8,19H2,1-2H3. The van der Waals surface area contributed by atoms with Gasteiger partial charge in [0.1, 0.15) is 0 Å². The van der Waals surface area contributed by atoms with E-state index in [1.807, 2.05) is 12.1 Å². The summed E-state index contributed by atoms with van der Waals surface area (Å²) in [5, 5.41) is 0. The molecule has 0 aliphatic rings. The molecular formula is C16H18Br2N2. The highest BCUT2D eigenvalue weighted by molar-refractivity contribution is 9.11. The van der Waals surface area contributed by atoms with Crippen molar-refractivity contribution in [2.45, 2.75) is 26.3 Å². The van der Waals surface area contributed by atoms with Gasteiger partial charge in [-0.25, -0.2) is 0 Å². The molecule has 106 valence electrons. The van der Waals surface area contributed by atoms with Crippen LogP contribution in [0.2, 0.25) is 0 Å². The number of nitrogens with two attached hydrogens (primary N) is 1. The number of hydrazine groups is 1. The maximum absolute atomic E-state index is 5.75. The van der Waals surface area contributed by atoms with Crippen molar-refractivity contribution in [2.24, 2.45) is 5.84 Å². The molecule has 0 saturated heterocycles. The fraction of sp³-hybridized carbons (Fsp3) is 0.250. The molecule has 4 heteroatoms. The molecule has 0 bridgehead atoms. The molecule has 0 spiro atoms. The van der Waals surface area contributed by atoms with Crippen molar-refractivity contribution >= 4 is 31.9 Å². The molecule has 0 fully saturated rings. The molecule has 1 atom stereocenters. The monoisotopic (exact) mass is 396 g/mol. The minimum atomic E-state index is 0.0821. The Labute approximate surface area is 137 Å². The van der Waals surface area contributed by atoms with Gasteiger partial charge in [-0.3, -0.25) is 11.3 Å². The van der Waals surface area contributed by atoms with Crippen LogP contribution in [0.3, 0.4) is 0 Å². The summed E-state index contributed by atoms with van der Waals surface area (Å²) in [7, 11) is 0. The smallest absolute Gasteiger partial charge is 0.0511 e. The van der Waals surface area contributed by atoms with Crippen LogP contribution in [-0.4, -0.2) is 0 Å². The highest BCUT2D eigenvalue weighted by Gasteiger charge is 2.14. The van der Waals surface area contributed by atoms with Crippen LogP contribution in [0.25, 0.3) is 0 Å². The zero-order valence-corrected chi connectivity index (χ0v) is 14.8. The van der Waals surface area contributed by atoms with Crippen LogP contribution in [0, 0.1) is 13.8 Å². The fourth-order valence-electron chi connectivity index (χ4n) is 2.47. The van der Waals surface area contributed by atoms with E-state index >= 15 is 0 Å². The van der Waals surface area contributed by atoms with Gasteiger partial charge in [0.25, 0.3) is 0 Å². The number of halogens is 2. The van der Waals surface area contributed by atoms with Crippen molar-refractivity contribution in [3.63, 3.8) is 0 Å². The van der Waals surface area contributed by atoms with E-state index in [9.17, 15) is 0 Å². The number of hydrogen-bond donors (Lipinski definition) is 2. The quantitative estimate of drug-likeness (QED) is 0.585. The van der Waals surface area contributed by atoms with E-state index in [0.717, 1.165) is 20.9 Å². The van der Waals surface area contributed by atoms with Crippen LogP contribution < -0.4 is 11.3 Å². The predicted octanol–water partition coefficient (Wildman–Crippen LogP) is 4.58. The van der Waals surface area contributed by atoms with E-state index < -0.39 is 0 Å². The first kappa shape index (κ1) is 15.7. The summed E-state index contributed by atoms with van der Waals surface area (Å²) < 4.78 is 2.11. The lowest BCUT2D eigenvalue weighted by molar-refractivity contribution is 0.549. The molecule has 0 aromatic heterocycles. The Bertz CT molecular complexity index is 591. The molecule has 0 radical (unpaired) electrons. The average molecular weight is 398 g/mol. The zero-order chi connectivity index (χ0) is 14.7. The summed E-state index contributed by atoms with van der Waals surface area (Å²) in [6, 6.07) is 12.9. The zero-order valence-electron chi connectivity index (χ0n) is 11.6. The lowest BCUT2D eigenvalue weighted by Gasteiger charge is -2.19. The van der Waals surface area contributed by atoms with E-state index in [0.29, 0.717) is 0 Å². The highest BCUT2D eigenvalue weighted by Crippen LogP contribution is 2.29. The molecule has 0 aliphatic carbocycles. The van der Waals surface area contributed by atoms with Crippen molar-refractivity contribution in [2.75, 3.05) is 0 Å². The van der Waals surface area contributed by atoms with Crippen molar-refractivity contribution in [3.8, 4) is 0 Å². The summed E-state index contributed by atoms with van der Waals surface area (Å²) in [4.78, 5) is 0. The largest absolute Gasteiger partial charge is 0.271 e. The Hall–Kier alpha value is -0.680. The van der Waals surface area contributed by atoms with Crippen molar-refractivity contribution in [1.82, 2.24) is 5.43 Å². The second-order valence-electron chi connectivity index (χ2n) is 5.09. The summed E-state index contributed by atoms with van der Waals surface area (Å²) >= 11 is 7.08. The number of rotatable bonds is 4. The van der Waals surface area contributed by atoms with E-state index in [4.69, 9.17) is 5.84 Å².